The van der Waals surface area contributed by atoms with Gasteiger partial charge in [-0.25, -0.2) is 0 Å². The van der Waals surface area contributed by atoms with Crippen molar-refractivity contribution in [2.75, 3.05) is 5.32 Å². The summed E-state index contributed by atoms with van der Waals surface area (Å²) in [6.45, 7) is 0. The van der Waals surface area contributed by atoms with Crippen LogP contribution in [-0.4, -0.2) is 5.11 Å². The second-order valence-corrected chi connectivity index (χ2v) is 5.19. The van der Waals surface area contributed by atoms with Gasteiger partial charge < -0.3 is 10.4 Å². The molecule has 0 heterocycles. The third-order valence-corrected chi connectivity index (χ3v) is 3.80. The largest absolute Gasteiger partial charge is 0.508 e. The number of phenolic OH excluding ortho intramolecular Hbond substituents is 1. The van der Waals surface area contributed by atoms with E-state index in [9.17, 15) is 10.4 Å². The summed E-state index contributed by atoms with van der Waals surface area (Å²) >= 11 is 9.25. The highest BCUT2D eigenvalue weighted by atomic mass is 79.9. The molecular formula is C14H10BrClN2O. The molecule has 3 nitrogen and oxygen atoms in total. The smallest absolute Gasteiger partial charge is 0.140 e. The van der Waals surface area contributed by atoms with E-state index in [0.717, 1.165) is 15.7 Å². The molecule has 19 heavy (non-hydrogen) atoms. The zero-order chi connectivity index (χ0) is 13.8. The Morgan fingerprint density at radius 3 is 2.47 bits per heavy atom. The lowest BCUT2D eigenvalue weighted by Crippen LogP contribution is -2.08. The molecule has 2 N–H and O–H groups in total. The number of nitrogens with one attached hydrogen (secondary N) is 1. The Bertz CT molecular complexity index is 622. The van der Waals surface area contributed by atoms with Gasteiger partial charge in [-0.15, -0.1) is 0 Å². The fraction of sp³-hybridized carbons (Fsp3) is 0.0714. The summed E-state index contributed by atoms with van der Waals surface area (Å²) in [6, 6.07) is 13.6. The number of aromatic hydroxyl groups is 1. The molecule has 0 saturated carbocycles. The first kappa shape index (κ1) is 13.7. The number of hydrogen-bond donors (Lipinski definition) is 2. The summed E-state index contributed by atoms with van der Waals surface area (Å²) in [5.41, 5.74) is 1.57. The van der Waals surface area contributed by atoms with E-state index in [1.807, 2.05) is 6.07 Å². The first-order valence-electron chi connectivity index (χ1n) is 5.50. The van der Waals surface area contributed by atoms with E-state index < -0.39 is 6.04 Å². The van der Waals surface area contributed by atoms with Gasteiger partial charge in [0.15, 0.2) is 0 Å². The molecular weight excluding hydrogens is 328 g/mol. The molecule has 0 radical (unpaired) electrons. The van der Waals surface area contributed by atoms with Crippen molar-refractivity contribution in [1.29, 1.82) is 5.26 Å². The highest BCUT2D eigenvalue weighted by Gasteiger charge is 2.10. The van der Waals surface area contributed by atoms with Crippen LogP contribution in [0.3, 0.4) is 0 Å². The monoisotopic (exact) mass is 336 g/mol. The molecule has 2 aromatic carbocycles. The summed E-state index contributed by atoms with van der Waals surface area (Å²) in [5, 5.41) is 22.2. The van der Waals surface area contributed by atoms with Crippen molar-refractivity contribution < 1.29 is 5.11 Å². The number of halogens is 2. The van der Waals surface area contributed by atoms with Crippen LogP contribution in [0.2, 0.25) is 5.02 Å². The van der Waals surface area contributed by atoms with E-state index in [1.54, 1.807) is 36.4 Å². The third kappa shape index (κ3) is 3.40. The minimum absolute atomic E-state index is 0.176. The van der Waals surface area contributed by atoms with Gasteiger partial charge in [0.1, 0.15) is 11.8 Å². The Kier molecular flexibility index (Phi) is 4.31. The minimum Gasteiger partial charge on any atom is -0.508 e. The first-order chi connectivity index (χ1) is 9.10. The lowest BCUT2D eigenvalue weighted by Gasteiger charge is -2.14. The molecule has 0 fully saturated rings. The zero-order valence-electron chi connectivity index (χ0n) is 9.77. The zero-order valence-corrected chi connectivity index (χ0v) is 12.1. The lowest BCUT2D eigenvalue weighted by atomic mass is 10.1. The summed E-state index contributed by atoms with van der Waals surface area (Å²) < 4.78 is 0.765. The maximum absolute atomic E-state index is 9.24. The molecule has 0 aromatic heterocycles. The molecule has 1 atom stereocenters. The van der Waals surface area contributed by atoms with E-state index in [2.05, 4.69) is 27.3 Å². The summed E-state index contributed by atoms with van der Waals surface area (Å²) in [7, 11) is 0. The number of hydrogen-bond acceptors (Lipinski definition) is 3. The van der Waals surface area contributed by atoms with Crippen molar-refractivity contribution >= 4 is 33.2 Å². The quantitative estimate of drug-likeness (QED) is 0.868. The summed E-state index contributed by atoms with van der Waals surface area (Å²) in [4.78, 5) is 0. The average molecular weight is 338 g/mol. The van der Waals surface area contributed by atoms with Crippen molar-refractivity contribution in [3.8, 4) is 11.8 Å². The van der Waals surface area contributed by atoms with E-state index in [1.165, 1.54) is 0 Å². The van der Waals surface area contributed by atoms with Crippen LogP contribution in [0, 0.1) is 11.3 Å². The van der Waals surface area contributed by atoms with Gasteiger partial charge in [-0.05, 0) is 51.8 Å². The van der Waals surface area contributed by atoms with Crippen molar-refractivity contribution in [1.82, 2.24) is 0 Å². The van der Waals surface area contributed by atoms with Gasteiger partial charge in [-0.2, -0.15) is 5.26 Å². The normalized spacial score (nSPS) is 11.6. The highest BCUT2D eigenvalue weighted by Crippen LogP contribution is 2.28. The molecule has 96 valence electrons. The average Bonchev–Trinajstić information content (AvgIpc) is 2.41. The minimum atomic E-state index is -0.492. The fourth-order valence-corrected chi connectivity index (χ4v) is 2.11. The van der Waals surface area contributed by atoms with Crippen LogP contribution < -0.4 is 5.32 Å². The molecule has 2 aromatic rings. The summed E-state index contributed by atoms with van der Waals surface area (Å²) in [6.07, 6.45) is 0. The number of anilines is 1. The van der Waals surface area contributed by atoms with Crippen LogP contribution in [-0.2, 0) is 0 Å². The summed E-state index contributed by atoms with van der Waals surface area (Å²) in [5.74, 6) is 0.176. The second-order valence-electron chi connectivity index (χ2n) is 3.93. The topological polar surface area (TPSA) is 56.0 Å². The van der Waals surface area contributed by atoms with Gasteiger partial charge in [0.05, 0.1) is 11.1 Å². The Morgan fingerprint density at radius 2 is 1.89 bits per heavy atom. The van der Waals surface area contributed by atoms with Crippen LogP contribution in [0.15, 0.2) is 46.9 Å². The lowest BCUT2D eigenvalue weighted by molar-refractivity contribution is 0.475. The van der Waals surface area contributed by atoms with Crippen LogP contribution in [0.5, 0.6) is 5.75 Å². The molecule has 0 saturated heterocycles. The van der Waals surface area contributed by atoms with Crippen LogP contribution >= 0.6 is 27.5 Å². The highest BCUT2D eigenvalue weighted by molar-refractivity contribution is 9.10. The molecule has 0 spiro atoms. The van der Waals surface area contributed by atoms with Gasteiger partial charge in [-0.3, -0.25) is 0 Å². The number of rotatable bonds is 3. The Morgan fingerprint density at radius 1 is 1.21 bits per heavy atom. The number of phenols is 1. The predicted molar refractivity (Wildman–Crippen MR) is 79.2 cm³/mol. The maximum atomic E-state index is 9.24. The Balaban J connectivity index is 2.22. The number of nitrogens with zero attached hydrogens (tertiary/aromatic N) is 1. The molecule has 0 amide bonds. The number of nitriles is 1. The van der Waals surface area contributed by atoms with E-state index >= 15 is 0 Å². The Labute approximate surface area is 124 Å². The van der Waals surface area contributed by atoms with Gasteiger partial charge in [0.25, 0.3) is 0 Å². The van der Waals surface area contributed by atoms with E-state index in [0.29, 0.717) is 5.02 Å². The standard InChI is InChI=1S/C14H10BrClN2O/c15-12-7-10(3-6-13(12)16)18-14(8-17)9-1-4-11(19)5-2-9/h1-7,14,18-19H. The van der Waals surface area contributed by atoms with Gasteiger partial charge in [0, 0.05) is 10.2 Å². The van der Waals surface area contributed by atoms with Crippen LogP contribution in [0.4, 0.5) is 5.69 Å². The molecule has 0 aliphatic heterocycles. The number of benzene rings is 2. The van der Waals surface area contributed by atoms with Gasteiger partial charge in [-0.1, -0.05) is 23.7 Å². The van der Waals surface area contributed by atoms with Crippen LogP contribution in [0.25, 0.3) is 0 Å². The van der Waals surface area contributed by atoms with Crippen molar-refractivity contribution in [2.24, 2.45) is 0 Å². The van der Waals surface area contributed by atoms with Crippen molar-refractivity contribution in [3.63, 3.8) is 0 Å². The molecule has 0 aliphatic carbocycles. The van der Waals surface area contributed by atoms with Crippen molar-refractivity contribution in [3.05, 3.63) is 57.5 Å². The SMILES string of the molecule is N#CC(Nc1ccc(Cl)c(Br)c1)c1ccc(O)cc1. The molecule has 5 heteroatoms. The molecule has 2 rings (SSSR count). The van der Waals surface area contributed by atoms with Gasteiger partial charge >= 0.3 is 0 Å². The third-order valence-electron chi connectivity index (χ3n) is 2.59. The molecule has 0 aliphatic rings. The maximum Gasteiger partial charge on any atom is 0.140 e. The second kappa shape index (κ2) is 5.96. The van der Waals surface area contributed by atoms with Crippen molar-refractivity contribution in [2.45, 2.75) is 6.04 Å². The molecule has 1 unspecified atom stereocenters. The van der Waals surface area contributed by atoms with E-state index in [-0.39, 0.29) is 5.75 Å². The van der Waals surface area contributed by atoms with Crippen LogP contribution in [0.1, 0.15) is 11.6 Å². The van der Waals surface area contributed by atoms with Gasteiger partial charge in [0.2, 0.25) is 0 Å². The fourth-order valence-electron chi connectivity index (χ4n) is 1.61. The first-order valence-corrected chi connectivity index (χ1v) is 6.67. The predicted octanol–water partition coefficient (Wildman–Crippen LogP) is 4.48. The molecule has 0 bridgehead atoms. The van der Waals surface area contributed by atoms with E-state index in [4.69, 9.17) is 11.6 Å². The Hall–Kier alpha value is -1.70.